The number of hydrogen-bond acceptors (Lipinski definition) is 2. The Morgan fingerprint density at radius 1 is 0.875 bits per heavy atom. The van der Waals surface area contributed by atoms with Gasteiger partial charge in [0.15, 0.2) is 0 Å². The molecule has 0 atom stereocenters. The first-order chi connectivity index (χ1) is 15.5. The highest BCUT2D eigenvalue weighted by Crippen LogP contribution is 2.32. The number of halogens is 2. The Morgan fingerprint density at radius 2 is 1.50 bits per heavy atom. The topological polar surface area (TPSA) is 31.2 Å². The van der Waals surface area contributed by atoms with Crippen molar-refractivity contribution in [2.75, 3.05) is 0 Å². The molecule has 164 valence electrons. The van der Waals surface area contributed by atoms with Crippen LogP contribution in [0.5, 0.6) is 0 Å². The zero-order chi connectivity index (χ0) is 22.5. The van der Waals surface area contributed by atoms with E-state index in [1.807, 2.05) is 36.4 Å². The molecular formula is C27H25Br2NO2. The van der Waals surface area contributed by atoms with Crippen LogP contribution in [0.15, 0.2) is 75.7 Å². The SMILES string of the molecule is CCCCCCc1ccc(C=CC(=O)On2c3ccc(Br)cc3c3cc(Br)ccc32)cc1. The predicted molar refractivity (Wildman–Crippen MR) is 140 cm³/mol. The van der Waals surface area contributed by atoms with Crippen LogP contribution in [-0.2, 0) is 11.2 Å². The summed E-state index contributed by atoms with van der Waals surface area (Å²) in [5.74, 6) is -0.418. The maximum absolute atomic E-state index is 12.6. The first kappa shape index (κ1) is 22.8. The van der Waals surface area contributed by atoms with Gasteiger partial charge in [0.2, 0.25) is 0 Å². The Balaban J connectivity index is 1.50. The highest BCUT2D eigenvalue weighted by atomic mass is 79.9. The average molecular weight is 555 g/mol. The van der Waals surface area contributed by atoms with E-state index in [0.29, 0.717) is 0 Å². The van der Waals surface area contributed by atoms with E-state index >= 15 is 0 Å². The molecule has 5 heteroatoms. The number of aryl methyl sites for hydroxylation is 1. The highest BCUT2D eigenvalue weighted by molar-refractivity contribution is 9.10. The van der Waals surface area contributed by atoms with E-state index in [0.717, 1.165) is 42.7 Å². The van der Waals surface area contributed by atoms with E-state index in [1.54, 1.807) is 10.8 Å². The van der Waals surface area contributed by atoms with Crippen molar-refractivity contribution < 1.29 is 9.63 Å². The van der Waals surface area contributed by atoms with Crippen molar-refractivity contribution in [3.05, 3.63) is 86.8 Å². The van der Waals surface area contributed by atoms with Gasteiger partial charge in [0.25, 0.3) is 0 Å². The summed E-state index contributed by atoms with van der Waals surface area (Å²) in [7, 11) is 0. The molecule has 0 N–H and O–H groups in total. The van der Waals surface area contributed by atoms with Crippen LogP contribution in [0.1, 0.15) is 43.7 Å². The quantitative estimate of drug-likeness (QED) is 0.163. The Labute approximate surface area is 205 Å². The normalized spacial score (nSPS) is 11.6. The number of aromatic nitrogens is 1. The smallest absolute Gasteiger partial charge is 0.331 e. The number of carbonyl (C=O) groups is 1. The first-order valence-corrected chi connectivity index (χ1v) is 12.5. The van der Waals surface area contributed by atoms with Gasteiger partial charge in [-0.3, -0.25) is 0 Å². The second kappa shape index (κ2) is 10.5. The van der Waals surface area contributed by atoms with Crippen molar-refractivity contribution in [1.29, 1.82) is 0 Å². The van der Waals surface area contributed by atoms with E-state index in [2.05, 4.69) is 63.0 Å². The molecule has 0 aliphatic carbocycles. The second-order valence-electron chi connectivity index (χ2n) is 7.91. The average Bonchev–Trinajstić information content (AvgIpc) is 3.08. The standard InChI is InChI=1S/C27H25Br2NO2/c1-2-3-4-5-6-19-7-9-20(10-8-19)11-16-27(31)32-30-25-14-12-21(28)17-23(25)24-18-22(29)13-15-26(24)30/h7-18H,2-6H2,1H3. The molecule has 0 aliphatic heterocycles. The summed E-state index contributed by atoms with van der Waals surface area (Å²) in [6, 6.07) is 20.2. The van der Waals surface area contributed by atoms with Crippen LogP contribution in [0, 0.1) is 0 Å². The van der Waals surface area contributed by atoms with E-state index in [1.165, 1.54) is 37.3 Å². The molecule has 4 aromatic rings. The molecule has 0 radical (unpaired) electrons. The van der Waals surface area contributed by atoms with Crippen LogP contribution in [-0.4, -0.2) is 10.7 Å². The molecule has 1 aromatic heterocycles. The van der Waals surface area contributed by atoms with Crippen LogP contribution in [0.2, 0.25) is 0 Å². The van der Waals surface area contributed by atoms with E-state index < -0.39 is 5.97 Å². The Kier molecular flexibility index (Phi) is 7.48. The Bertz CT molecular complexity index is 1210. The van der Waals surface area contributed by atoms with Gasteiger partial charge in [-0.25, -0.2) is 4.79 Å². The van der Waals surface area contributed by atoms with Crippen molar-refractivity contribution in [3.8, 4) is 0 Å². The molecule has 0 saturated carbocycles. The number of carbonyl (C=O) groups excluding carboxylic acids is 1. The zero-order valence-electron chi connectivity index (χ0n) is 18.0. The lowest BCUT2D eigenvalue weighted by molar-refractivity contribution is -0.137. The number of nitrogens with zero attached hydrogens (tertiary/aromatic N) is 1. The van der Waals surface area contributed by atoms with Gasteiger partial charge >= 0.3 is 5.97 Å². The molecule has 0 spiro atoms. The van der Waals surface area contributed by atoms with E-state index in [9.17, 15) is 4.79 Å². The molecular weight excluding hydrogens is 530 g/mol. The second-order valence-corrected chi connectivity index (χ2v) is 9.74. The predicted octanol–water partition coefficient (Wildman–Crippen LogP) is 8.11. The summed E-state index contributed by atoms with van der Waals surface area (Å²) >= 11 is 7.07. The molecule has 4 rings (SSSR count). The minimum atomic E-state index is -0.418. The third kappa shape index (κ3) is 5.33. The summed E-state index contributed by atoms with van der Waals surface area (Å²) in [5, 5.41) is 2.03. The van der Waals surface area contributed by atoms with Crippen molar-refractivity contribution >= 4 is 65.7 Å². The summed E-state index contributed by atoms with van der Waals surface area (Å²) in [6.07, 6.45) is 9.43. The van der Waals surface area contributed by atoms with Crippen LogP contribution in [0.4, 0.5) is 0 Å². The molecule has 0 bridgehead atoms. The molecule has 0 aliphatic rings. The number of unbranched alkanes of at least 4 members (excludes halogenated alkanes) is 3. The van der Waals surface area contributed by atoms with Gasteiger partial charge in [0, 0.05) is 25.8 Å². The minimum absolute atomic E-state index is 0.418. The fourth-order valence-electron chi connectivity index (χ4n) is 3.87. The van der Waals surface area contributed by atoms with Gasteiger partial charge in [-0.1, -0.05) is 82.3 Å². The number of hydrogen-bond donors (Lipinski definition) is 0. The lowest BCUT2D eigenvalue weighted by Crippen LogP contribution is -2.17. The molecule has 1 heterocycles. The third-order valence-electron chi connectivity index (χ3n) is 5.54. The van der Waals surface area contributed by atoms with Crippen molar-refractivity contribution in [3.63, 3.8) is 0 Å². The maximum Gasteiger partial charge on any atom is 0.356 e. The molecule has 3 nitrogen and oxygen atoms in total. The van der Waals surface area contributed by atoms with Crippen LogP contribution < -0.4 is 4.84 Å². The van der Waals surface area contributed by atoms with Crippen LogP contribution >= 0.6 is 31.9 Å². The van der Waals surface area contributed by atoms with Gasteiger partial charge < -0.3 is 4.84 Å². The zero-order valence-corrected chi connectivity index (χ0v) is 21.2. The fourth-order valence-corrected chi connectivity index (χ4v) is 4.59. The summed E-state index contributed by atoms with van der Waals surface area (Å²) < 4.78 is 3.56. The van der Waals surface area contributed by atoms with Crippen LogP contribution in [0.25, 0.3) is 27.9 Å². The third-order valence-corrected chi connectivity index (χ3v) is 6.52. The Morgan fingerprint density at radius 3 is 2.09 bits per heavy atom. The lowest BCUT2D eigenvalue weighted by atomic mass is 10.0. The molecule has 0 saturated heterocycles. The summed E-state index contributed by atoms with van der Waals surface area (Å²) in [4.78, 5) is 18.4. The van der Waals surface area contributed by atoms with Gasteiger partial charge in [-0.2, -0.15) is 4.73 Å². The highest BCUT2D eigenvalue weighted by Gasteiger charge is 2.14. The molecule has 0 unspecified atom stereocenters. The molecule has 0 fully saturated rings. The van der Waals surface area contributed by atoms with E-state index in [-0.39, 0.29) is 0 Å². The summed E-state index contributed by atoms with van der Waals surface area (Å²) in [6.45, 7) is 2.23. The molecule has 32 heavy (non-hydrogen) atoms. The number of fused-ring (bicyclic) bond motifs is 3. The van der Waals surface area contributed by atoms with Gasteiger partial charge in [-0.15, -0.1) is 0 Å². The largest absolute Gasteiger partial charge is 0.356 e. The maximum atomic E-state index is 12.6. The Hall–Kier alpha value is -2.37. The van der Waals surface area contributed by atoms with Crippen LogP contribution in [0.3, 0.4) is 0 Å². The minimum Gasteiger partial charge on any atom is -0.331 e. The number of rotatable bonds is 8. The van der Waals surface area contributed by atoms with Crippen molar-refractivity contribution in [1.82, 2.24) is 4.73 Å². The first-order valence-electron chi connectivity index (χ1n) is 10.9. The summed E-state index contributed by atoms with van der Waals surface area (Å²) in [5.41, 5.74) is 4.00. The number of benzene rings is 3. The van der Waals surface area contributed by atoms with Gasteiger partial charge in [0.05, 0.1) is 11.0 Å². The van der Waals surface area contributed by atoms with E-state index in [4.69, 9.17) is 4.84 Å². The van der Waals surface area contributed by atoms with Crippen molar-refractivity contribution in [2.24, 2.45) is 0 Å². The lowest BCUT2D eigenvalue weighted by Gasteiger charge is -2.06. The molecule has 0 amide bonds. The van der Waals surface area contributed by atoms with Gasteiger partial charge in [-0.05, 0) is 66.4 Å². The van der Waals surface area contributed by atoms with Crippen molar-refractivity contribution in [2.45, 2.75) is 39.0 Å². The molecule has 3 aromatic carbocycles. The monoisotopic (exact) mass is 553 g/mol. The fraction of sp³-hybridized carbons (Fsp3) is 0.222. The van der Waals surface area contributed by atoms with Gasteiger partial charge in [0.1, 0.15) is 0 Å².